The zero-order chi connectivity index (χ0) is 12.3. The zero-order valence-electron chi connectivity index (χ0n) is 9.10. The lowest BCUT2D eigenvalue weighted by Crippen LogP contribution is -2.26. The number of rotatable bonds is 4. The van der Waals surface area contributed by atoms with Gasteiger partial charge < -0.3 is 11.1 Å². The van der Waals surface area contributed by atoms with Crippen LogP contribution in [0, 0.1) is 0 Å². The highest BCUT2D eigenvalue weighted by molar-refractivity contribution is 7.80. The van der Waals surface area contributed by atoms with E-state index in [1.807, 2.05) is 30.3 Å². The Morgan fingerprint density at radius 1 is 1.41 bits per heavy atom. The predicted molar refractivity (Wildman–Crippen MR) is 75.6 cm³/mol. The predicted octanol–water partition coefficient (Wildman–Crippen LogP) is 2.31. The molecule has 0 fully saturated rings. The lowest BCUT2D eigenvalue weighted by molar-refractivity contribution is 0.0959. The fourth-order valence-corrected chi connectivity index (χ4v) is 2.56. The van der Waals surface area contributed by atoms with Gasteiger partial charge in [-0.3, -0.25) is 4.79 Å². The summed E-state index contributed by atoms with van der Waals surface area (Å²) in [4.78, 5) is 12.9. The molecule has 3 N–H and O–H groups in total. The SMILES string of the molecule is NC(=S)CCNC(=O)c1cc2ccccc2s1. The number of hydrogen-bond acceptors (Lipinski definition) is 3. The first-order valence-corrected chi connectivity index (χ1v) is 6.44. The molecule has 0 bridgehead atoms. The number of fused-ring (bicyclic) bond motifs is 1. The van der Waals surface area contributed by atoms with Crippen LogP contribution < -0.4 is 11.1 Å². The van der Waals surface area contributed by atoms with Crippen LogP contribution in [-0.4, -0.2) is 17.4 Å². The van der Waals surface area contributed by atoms with Crippen molar-refractivity contribution in [2.75, 3.05) is 6.54 Å². The average molecular weight is 264 g/mol. The van der Waals surface area contributed by atoms with Gasteiger partial charge in [0.05, 0.1) is 9.87 Å². The van der Waals surface area contributed by atoms with E-state index in [9.17, 15) is 4.79 Å². The molecule has 0 atom stereocenters. The van der Waals surface area contributed by atoms with Gasteiger partial charge in [-0.15, -0.1) is 11.3 Å². The lowest BCUT2D eigenvalue weighted by atomic mass is 10.2. The maximum atomic E-state index is 11.8. The molecule has 0 spiro atoms. The molecule has 1 aromatic heterocycles. The summed E-state index contributed by atoms with van der Waals surface area (Å²) in [5, 5.41) is 3.89. The van der Waals surface area contributed by atoms with Crippen molar-refractivity contribution in [2.45, 2.75) is 6.42 Å². The van der Waals surface area contributed by atoms with Gasteiger partial charge in [0.25, 0.3) is 5.91 Å². The Morgan fingerprint density at radius 3 is 2.88 bits per heavy atom. The molecule has 5 heteroatoms. The molecule has 2 rings (SSSR count). The molecule has 0 saturated heterocycles. The summed E-state index contributed by atoms with van der Waals surface area (Å²) in [5.74, 6) is -0.0672. The first-order valence-electron chi connectivity index (χ1n) is 5.22. The fraction of sp³-hybridized carbons (Fsp3) is 0.167. The minimum atomic E-state index is -0.0672. The third kappa shape index (κ3) is 3.01. The van der Waals surface area contributed by atoms with E-state index >= 15 is 0 Å². The van der Waals surface area contributed by atoms with Crippen molar-refractivity contribution < 1.29 is 4.79 Å². The van der Waals surface area contributed by atoms with Gasteiger partial charge in [-0.25, -0.2) is 0 Å². The molecule has 2 aromatic rings. The third-order valence-corrected chi connectivity index (χ3v) is 3.63. The molecule has 0 radical (unpaired) electrons. The molecule has 0 unspecified atom stereocenters. The summed E-state index contributed by atoms with van der Waals surface area (Å²) in [5.41, 5.74) is 5.36. The molecule has 0 aliphatic heterocycles. The maximum absolute atomic E-state index is 11.8. The third-order valence-electron chi connectivity index (χ3n) is 2.31. The quantitative estimate of drug-likeness (QED) is 0.833. The van der Waals surface area contributed by atoms with Gasteiger partial charge in [0.1, 0.15) is 0 Å². The van der Waals surface area contributed by atoms with Gasteiger partial charge in [0.2, 0.25) is 0 Å². The van der Waals surface area contributed by atoms with E-state index in [-0.39, 0.29) is 5.91 Å². The van der Waals surface area contributed by atoms with Crippen molar-refractivity contribution in [3.8, 4) is 0 Å². The number of nitrogens with two attached hydrogens (primary N) is 1. The standard InChI is InChI=1S/C12H12N2OS2/c13-11(16)5-6-14-12(15)10-7-8-3-1-2-4-9(8)17-10/h1-4,7H,5-6H2,(H2,13,16)(H,14,15). The smallest absolute Gasteiger partial charge is 0.261 e. The van der Waals surface area contributed by atoms with Gasteiger partial charge >= 0.3 is 0 Å². The molecule has 3 nitrogen and oxygen atoms in total. The molecule has 0 aliphatic rings. The highest BCUT2D eigenvalue weighted by Gasteiger charge is 2.09. The van der Waals surface area contributed by atoms with Gasteiger partial charge in [0.15, 0.2) is 0 Å². The van der Waals surface area contributed by atoms with Crippen LogP contribution in [-0.2, 0) is 0 Å². The number of nitrogens with one attached hydrogen (secondary N) is 1. The van der Waals surface area contributed by atoms with Crippen LogP contribution in [0.3, 0.4) is 0 Å². The largest absolute Gasteiger partial charge is 0.393 e. The molecule has 1 amide bonds. The van der Waals surface area contributed by atoms with Crippen molar-refractivity contribution in [1.29, 1.82) is 0 Å². The van der Waals surface area contributed by atoms with Crippen molar-refractivity contribution in [1.82, 2.24) is 5.32 Å². The summed E-state index contributed by atoms with van der Waals surface area (Å²) in [6.45, 7) is 0.489. The van der Waals surface area contributed by atoms with Crippen LogP contribution in [0.15, 0.2) is 30.3 Å². The Labute approximate surface area is 109 Å². The first kappa shape index (κ1) is 12.0. The molecular formula is C12H12N2OS2. The number of amides is 1. The highest BCUT2D eigenvalue weighted by atomic mass is 32.1. The van der Waals surface area contributed by atoms with E-state index < -0.39 is 0 Å². The van der Waals surface area contributed by atoms with Gasteiger partial charge in [0, 0.05) is 17.7 Å². The van der Waals surface area contributed by atoms with E-state index in [0.29, 0.717) is 22.8 Å². The number of benzene rings is 1. The van der Waals surface area contributed by atoms with Crippen LogP contribution in [0.1, 0.15) is 16.1 Å². The summed E-state index contributed by atoms with van der Waals surface area (Å²) in [6, 6.07) is 9.83. The number of carbonyl (C=O) groups is 1. The van der Waals surface area contributed by atoms with Crippen LogP contribution in [0.5, 0.6) is 0 Å². The summed E-state index contributed by atoms with van der Waals surface area (Å²) in [6.07, 6.45) is 0.534. The van der Waals surface area contributed by atoms with E-state index in [1.165, 1.54) is 11.3 Å². The molecule has 0 saturated carbocycles. The Morgan fingerprint density at radius 2 is 2.18 bits per heavy atom. The minimum Gasteiger partial charge on any atom is -0.393 e. The highest BCUT2D eigenvalue weighted by Crippen LogP contribution is 2.24. The van der Waals surface area contributed by atoms with Crippen molar-refractivity contribution in [3.63, 3.8) is 0 Å². The molecule has 17 heavy (non-hydrogen) atoms. The maximum Gasteiger partial charge on any atom is 0.261 e. The Balaban J connectivity index is 2.06. The monoisotopic (exact) mass is 264 g/mol. The Bertz CT molecular complexity index is 529. The molecule has 1 heterocycles. The van der Waals surface area contributed by atoms with Crippen molar-refractivity contribution >= 4 is 44.5 Å². The number of thiophene rings is 1. The van der Waals surface area contributed by atoms with Crippen molar-refractivity contribution in [3.05, 3.63) is 35.2 Å². The number of carbonyl (C=O) groups excluding carboxylic acids is 1. The van der Waals surface area contributed by atoms with E-state index in [1.54, 1.807) is 0 Å². The minimum absolute atomic E-state index is 0.0672. The lowest BCUT2D eigenvalue weighted by Gasteiger charge is -2.01. The first-order chi connectivity index (χ1) is 8.16. The van der Waals surface area contributed by atoms with E-state index in [0.717, 1.165) is 10.1 Å². The van der Waals surface area contributed by atoms with Crippen LogP contribution in [0.2, 0.25) is 0 Å². The molecule has 88 valence electrons. The summed E-state index contributed by atoms with van der Waals surface area (Å²) >= 11 is 6.23. The normalized spacial score (nSPS) is 10.4. The molecule has 1 aromatic carbocycles. The molecule has 0 aliphatic carbocycles. The summed E-state index contributed by atoms with van der Waals surface area (Å²) < 4.78 is 1.12. The second-order valence-electron chi connectivity index (χ2n) is 3.62. The Hall–Kier alpha value is -1.46. The Kier molecular flexibility index (Phi) is 3.71. The van der Waals surface area contributed by atoms with E-state index in [2.05, 4.69) is 5.32 Å². The number of thiocarbonyl (C=S) groups is 1. The molecular weight excluding hydrogens is 252 g/mol. The van der Waals surface area contributed by atoms with E-state index in [4.69, 9.17) is 18.0 Å². The van der Waals surface area contributed by atoms with Gasteiger partial charge in [-0.1, -0.05) is 30.4 Å². The van der Waals surface area contributed by atoms with Crippen LogP contribution >= 0.6 is 23.6 Å². The topological polar surface area (TPSA) is 55.1 Å². The fourth-order valence-electron chi connectivity index (χ4n) is 1.48. The van der Waals surface area contributed by atoms with Crippen LogP contribution in [0.25, 0.3) is 10.1 Å². The average Bonchev–Trinajstić information content (AvgIpc) is 2.71. The second kappa shape index (κ2) is 5.25. The second-order valence-corrected chi connectivity index (χ2v) is 5.23. The van der Waals surface area contributed by atoms with Crippen molar-refractivity contribution in [2.24, 2.45) is 5.73 Å². The summed E-state index contributed by atoms with van der Waals surface area (Å²) in [7, 11) is 0. The number of hydrogen-bond donors (Lipinski definition) is 2. The zero-order valence-corrected chi connectivity index (χ0v) is 10.7. The van der Waals surface area contributed by atoms with Crippen LogP contribution in [0.4, 0.5) is 0 Å². The van der Waals surface area contributed by atoms with Gasteiger partial charge in [-0.2, -0.15) is 0 Å². The van der Waals surface area contributed by atoms with Gasteiger partial charge in [-0.05, 0) is 17.5 Å².